The van der Waals surface area contributed by atoms with Crippen molar-refractivity contribution in [3.63, 3.8) is 0 Å². The topological polar surface area (TPSA) is 110 Å². The molecule has 0 aliphatic rings. The van der Waals surface area contributed by atoms with Crippen molar-refractivity contribution in [1.29, 1.82) is 0 Å². The van der Waals surface area contributed by atoms with Gasteiger partial charge in [0, 0.05) is 45.7 Å². The van der Waals surface area contributed by atoms with Gasteiger partial charge in [-0.15, -0.1) is 0 Å². The Morgan fingerprint density at radius 1 is 0.769 bits per heavy atom. The molecule has 196 valence electrons. The van der Waals surface area contributed by atoms with E-state index in [1.807, 2.05) is 98.8 Å². The van der Waals surface area contributed by atoms with Crippen LogP contribution in [0.2, 0.25) is 5.02 Å². The lowest BCUT2D eigenvalue weighted by Gasteiger charge is -2.20. The zero-order chi connectivity index (χ0) is 27.4. The van der Waals surface area contributed by atoms with Gasteiger partial charge < -0.3 is 16.2 Å². The number of nitrogens with two attached hydrogens (primary N) is 1. The lowest BCUT2D eigenvalue weighted by Crippen LogP contribution is -2.29. The molecule has 0 spiro atoms. The smallest absolute Gasteiger partial charge is 0.161 e. The van der Waals surface area contributed by atoms with Gasteiger partial charge in [0.1, 0.15) is 5.82 Å². The van der Waals surface area contributed by atoms with E-state index in [4.69, 9.17) is 17.3 Å². The maximum atomic E-state index is 11.0. The monoisotopic (exact) mass is 536 g/mol. The van der Waals surface area contributed by atoms with E-state index in [1.165, 1.54) is 0 Å². The highest BCUT2D eigenvalue weighted by Gasteiger charge is 2.20. The van der Waals surface area contributed by atoms with Crippen LogP contribution in [0.1, 0.15) is 28.7 Å². The van der Waals surface area contributed by atoms with Crippen LogP contribution in [-0.2, 0) is 6.42 Å². The fraction of sp³-hybridized carbons (Fsp3) is 0.161. The van der Waals surface area contributed by atoms with Gasteiger partial charge in [0.15, 0.2) is 11.6 Å². The minimum Gasteiger partial charge on any atom is -0.391 e. The third-order valence-electron chi connectivity index (χ3n) is 6.27. The number of aryl methyl sites for hydroxylation is 2. The van der Waals surface area contributed by atoms with Crippen LogP contribution < -0.4 is 11.1 Å². The van der Waals surface area contributed by atoms with Crippen molar-refractivity contribution in [1.82, 2.24) is 19.9 Å². The number of nitrogens with zero attached hydrogens (tertiary/aromatic N) is 4. The van der Waals surface area contributed by atoms with Crippen LogP contribution in [0.25, 0.3) is 22.8 Å². The van der Waals surface area contributed by atoms with Gasteiger partial charge in [-0.1, -0.05) is 66.2 Å². The number of halogens is 1. The molecule has 0 saturated heterocycles. The Balaban J connectivity index is 1.27. The summed E-state index contributed by atoms with van der Waals surface area (Å²) in [6.07, 6.45) is -0.454. The maximum absolute atomic E-state index is 11.0. The number of rotatable bonds is 8. The Bertz CT molecular complexity index is 1580. The van der Waals surface area contributed by atoms with E-state index in [0.29, 0.717) is 34.6 Å². The number of aromatic nitrogens is 4. The van der Waals surface area contributed by atoms with Gasteiger partial charge in [-0.2, -0.15) is 0 Å². The minimum absolute atomic E-state index is 0.377. The van der Waals surface area contributed by atoms with E-state index >= 15 is 0 Å². The van der Waals surface area contributed by atoms with Gasteiger partial charge >= 0.3 is 0 Å². The lowest BCUT2D eigenvalue weighted by molar-refractivity contribution is 0.143. The van der Waals surface area contributed by atoms with E-state index < -0.39 is 12.1 Å². The molecule has 8 heteroatoms. The molecule has 0 fully saturated rings. The second-order valence-electron chi connectivity index (χ2n) is 9.47. The number of benzene rings is 3. The van der Waals surface area contributed by atoms with Crippen molar-refractivity contribution in [2.75, 3.05) is 5.32 Å². The van der Waals surface area contributed by atoms with E-state index in [1.54, 1.807) is 6.07 Å². The van der Waals surface area contributed by atoms with E-state index in [0.717, 1.165) is 33.8 Å². The summed E-state index contributed by atoms with van der Waals surface area (Å²) >= 11 is 6.14. The zero-order valence-electron chi connectivity index (χ0n) is 21.7. The normalized spacial score (nSPS) is 12.6. The average Bonchev–Trinajstić information content (AvgIpc) is 2.93. The third-order valence-corrected chi connectivity index (χ3v) is 6.51. The third kappa shape index (κ3) is 6.64. The molecular weight excluding hydrogens is 508 g/mol. The molecule has 0 saturated carbocycles. The van der Waals surface area contributed by atoms with Crippen LogP contribution in [0.5, 0.6) is 0 Å². The van der Waals surface area contributed by atoms with Crippen LogP contribution in [-0.4, -0.2) is 31.1 Å². The van der Waals surface area contributed by atoms with E-state index in [2.05, 4.69) is 25.3 Å². The number of anilines is 2. The Labute approximate surface area is 232 Å². The van der Waals surface area contributed by atoms with Crippen LogP contribution in [0, 0.1) is 13.8 Å². The van der Waals surface area contributed by atoms with Crippen molar-refractivity contribution >= 4 is 23.1 Å². The van der Waals surface area contributed by atoms with Gasteiger partial charge in [0.25, 0.3) is 0 Å². The van der Waals surface area contributed by atoms with E-state index in [9.17, 15) is 5.11 Å². The molecule has 2 aromatic heterocycles. The predicted molar refractivity (Wildman–Crippen MR) is 156 cm³/mol. The van der Waals surface area contributed by atoms with Crippen molar-refractivity contribution in [3.05, 3.63) is 119 Å². The molecule has 2 unspecified atom stereocenters. The molecule has 7 nitrogen and oxygen atoms in total. The largest absolute Gasteiger partial charge is 0.391 e. The van der Waals surface area contributed by atoms with Crippen LogP contribution >= 0.6 is 11.6 Å². The van der Waals surface area contributed by atoms with Crippen LogP contribution in [0.3, 0.4) is 0 Å². The molecule has 0 radical (unpaired) electrons. The van der Waals surface area contributed by atoms with Crippen molar-refractivity contribution in [2.45, 2.75) is 32.4 Å². The zero-order valence-corrected chi connectivity index (χ0v) is 22.5. The summed E-state index contributed by atoms with van der Waals surface area (Å²) in [5.74, 6) is 1.91. The number of nitrogens with one attached hydrogen (secondary N) is 1. The highest BCUT2D eigenvalue weighted by molar-refractivity contribution is 6.30. The molecule has 2 atom stereocenters. The first-order valence-corrected chi connectivity index (χ1v) is 13.0. The molecular formula is C31H29ClN6O. The number of aliphatic hydroxyl groups excluding tert-OH is 1. The second-order valence-corrected chi connectivity index (χ2v) is 9.91. The molecule has 39 heavy (non-hydrogen) atoms. The summed E-state index contributed by atoms with van der Waals surface area (Å²) < 4.78 is 0. The molecule has 0 aliphatic carbocycles. The summed E-state index contributed by atoms with van der Waals surface area (Å²) in [5, 5.41) is 14.9. The maximum Gasteiger partial charge on any atom is 0.161 e. The molecule has 0 bridgehead atoms. The first kappa shape index (κ1) is 26.4. The van der Waals surface area contributed by atoms with E-state index in [-0.39, 0.29) is 0 Å². The second kappa shape index (κ2) is 11.7. The number of hydrogen-bond donors (Lipinski definition) is 3. The number of hydrogen-bond acceptors (Lipinski definition) is 7. The Morgan fingerprint density at radius 2 is 1.44 bits per heavy atom. The molecule has 0 amide bonds. The van der Waals surface area contributed by atoms with Gasteiger partial charge in [0.2, 0.25) is 0 Å². The molecule has 3 aromatic carbocycles. The Morgan fingerprint density at radius 3 is 2.15 bits per heavy atom. The summed E-state index contributed by atoms with van der Waals surface area (Å²) in [5.41, 5.74) is 12.3. The quantitative estimate of drug-likeness (QED) is 0.216. The summed E-state index contributed by atoms with van der Waals surface area (Å²) in [7, 11) is 0. The van der Waals surface area contributed by atoms with Crippen molar-refractivity contribution < 1.29 is 5.11 Å². The molecule has 2 heterocycles. The Hall–Kier alpha value is -4.17. The Kier molecular flexibility index (Phi) is 7.93. The first-order valence-electron chi connectivity index (χ1n) is 12.7. The van der Waals surface area contributed by atoms with Gasteiger partial charge in [0.05, 0.1) is 17.8 Å². The van der Waals surface area contributed by atoms with Crippen molar-refractivity contribution in [3.8, 4) is 22.8 Å². The van der Waals surface area contributed by atoms with Gasteiger partial charge in [-0.05, 0) is 49.7 Å². The minimum atomic E-state index is -0.830. The number of aliphatic hydroxyl groups is 1. The highest BCUT2D eigenvalue weighted by atomic mass is 35.5. The van der Waals surface area contributed by atoms with Crippen LogP contribution in [0.15, 0.2) is 91.0 Å². The fourth-order valence-electron chi connectivity index (χ4n) is 4.31. The van der Waals surface area contributed by atoms with Crippen molar-refractivity contribution in [2.24, 2.45) is 5.73 Å². The first-order chi connectivity index (χ1) is 18.8. The highest BCUT2D eigenvalue weighted by Crippen LogP contribution is 2.25. The molecule has 5 aromatic rings. The van der Waals surface area contributed by atoms with Crippen LogP contribution in [0.4, 0.5) is 11.5 Å². The summed E-state index contributed by atoms with van der Waals surface area (Å²) in [6, 6.07) is 28.1. The predicted octanol–water partition coefficient (Wildman–Crippen LogP) is 6.22. The molecule has 0 aliphatic heterocycles. The molecule has 4 N–H and O–H groups in total. The summed E-state index contributed by atoms with van der Waals surface area (Å²) in [4.78, 5) is 18.4. The fourth-order valence-corrected chi connectivity index (χ4v) is 4.50. The standard InChI is InChI=1S/C31H29ClN6O/c1-19-15-26(37-31(34-19)23-9-6-10-24(32)18-23)29(33)27(39)17-21-11-13-25(14-12-21)36-28-16-20(2)35-30(38-28)22-7-4-3-5-8-22/h3-16,18,27,29,39H,17,33H2,1-2H3,(H,35,36,38). The lowest BCUT2D eigenvalue weighted by atomic mass is 9.99. The SMILES string of the molecule is Cc1cc(Nc2ccc(CC(O)C(N)c3cc(C)nc(-c4cccc(Cl)c4)n3)cc2)nc(-c2ccccc2)n1. The summed E-state index contributed by atoms with van der Waals surface area (Å²) in [6.45, 7) is 3.83. The molecule has 5 rings (SSSR count). The average molecular weight is 537 g/mol. The van der Waals surface area contributed by atoms with Gasteiger partial charge in [-0.25, -0.2) is 19.9 Å². The van der Waals surface area contributed by atoms with Gasteiger partial charge in [-0.3, -0.25) is 0 Å².